The van der Waals surface area contributed by atoms with Gasteiger partial charge in [-0.15, -0.1) is 0 Å². The van der Waals surface area contributed by atoms with Gasteiger partial charge >= 0.3 is 0 Å². The molecule has 122 valence electrons. The standard InChI is InChI=1S/C18H23N3O2/c1-20-10-4-7-17(20)18(22)21-11-8-14(9-12-21)19-15-5-3-6-16(13-15)23-2/h3-7,10,13-14,19H,8-9,11-12H2,1-2H3. The average molecular weight is 313 g/mol. The highest BCUT2D eigenvalue weighted by Gasteiger charge is 2.24. The Morgan fingerprint density at radius 2 is 2.00 bits per heavy atom. The molecule has 0 unspecified atom stereocenters. The van der Waals surface area contributed by atoms with Gasteiger partial charge < -0.3 is 19.5 Å². The zero-order valence-electron chi connectivity index (χ0n) is 13.7. The van der Waals surface area contributed by atoms with Crippen molar-refractivity contribution >= 4 is 11.6 Å². The number of aryl methyl sites for hydroxylation is 1. The first kappa shape index (κ1) is 15.5. The number of carbonyl (C=O) groups excluding carboxylic acids is 1. The van der Waals surface area contributed by atoms with Crippen LogP contribution in [-0.4, -0.2) is 41.6 Å². The van der Waals surface area contributed by atoms with Gasteiger partial charge in [-0.3, -0.25) is 4.79 Å². The fraction of sp³-hybridized carbons (Fsp3) is 0.389. The number of anilines is 1. The number of amides is 1. The Labute approximate surface area is 136 Å². The summed E-state index contributed by atoms with van der Waals surface area (Å²) >= 11 is 0. The van der Waals surface area contributed by atoms with Gasteiger partial charge in [0, 0.05) is 44.1 Å². The van der Waals surface area contributed by atoms with E-state index in [1.807, 2.05) is 59.1 Å². The van der Waals surface area contributed by atoms with E-state index in [-0.39, 0.29) is 5.91 Å². The largest absolute Gasteiger partial charge is 0.497 e. The predicted octanol–water partition coefficient (Wildman–Crippen LogP) is 2.75. The van der Waals surface area contributed by atoms with Crippen LogP contribution in [0.1, 0.15) is 23.3 Å². The molecule has 0 aliphatic carbocycles. The fourth-order valence-electron chi connectivity index (χ4n) is 3.02. The van der Waals surface area contributed by atoms with Gasteiger partial charge in [0.1, 0.15) is 11.4 Å². The lowest BCUT2D eigenvalue weighted by Gasteiger charge is -2.33. The molecule has 2 aromatic rings. The lowest BCUT2D eigenvalue weighted by molar-refractivity contribution is 0.0709. The van der Waals surface area contributed by atoms with E-state index in [0.29, 0.717) is 6.04 Å². The van der Waals surface area contributed by atoms with Gasteiger partial charge in [-0.25, -0.2) is 0 Å². The number of aromatic nitrogens is 1. The Morgan fingerprint density at radius 1 is 1.22 bits per heavy atom. The van der Waals surface area contributed by atoms with Gasteiger partial charge in [-0.2, -0.15) is 0 Å². The first-order chi connectivity index (χ1) is 11.2. The Balaban J connectivity index is 1.56. The number of rotatable bonds is 4. The first-order valence-corrected chi connectivity index (χ1v) is 7.98. The van der Waals surface area contributed by atoms with Gasteiger partial charge in [-0.1, -0.05) is 6.07 Å². The number of hydrogen-bond acceptors (Lipinski definition) is 3. The van der Waals surface area contributed by atoms with Crippen LogP contribution in [-0.2, 0) is 7.05 Å². The van der Waals surface area contributed by atoms with E-state index in [1.54, 1.807) is 7.11 Å². The van der Waals surface area contributed by atoms with Gasteiger partial charge in [0.15, 0.2) is 0 Å². The fourth-order valence-corrected chi connectivity index (χ4v) is 3.02. The topological polar surface area (TPSA) is 46.5 Å². The minimum absolute atomic E-state index is 0.123. The molecule has 1 aromatic heterocycles. The van der Waals surface area contributed by atoms with Crippen molar-refractivity contribution in [1.29, 1.82) is 0 Å². The lowest BCUT2D eigenvalue weighted by Crippen LogP contribution is -2.42. The molecule has 0 atom stereocenters. The lowest BCUT2D eigenvalue weighted by atomic mass is 10.0. The molecule has 3 rings (SSSR count). The van der Waals surface area contributed by atoms with Crippen LogP contribution in [0.3, 0.4) is 0 Å². The number of likely N-dealkylation sites (tertiary alicyclic amines) is 1. The molecule has 1 aliphatic heterocycles. The number of hydrogen-bond donors (Lipinski definition) is 1. The molecule has 5 heteroatoms. The molecule has 0 saturated carbocycles. The molecule has 0 spiro atoms. The van der Waals surface area contributed by atoms with E-state index in [2.05, 4.69) is 5.32 Å². The van der Waals surface area contributed by atoms with Crippen LogP contribution in [0.4, 0.5) is 5.69 Å². The monoisotopic (exact) mass is 313 g/mol. The highest BCUT2D eigenvalue weighted by Crippen LogP contribution is 2.21. The van der Waals surface area contributed by atoms with Crippen LogP contribution < -0.4 is 10.1 Å². The van der Waals surface area contributed by atoms with Crippen LogP contribution in [0.15, 0.2) is 42.6 Å². The SMILES string of the molecule is COc1cccc(NC2CCN(C(=O)c3cccn3C)CC2)c1. The molecule has 1 fully saturated rings. The van der Waals surface area contributed by atoms with Crippen LogP contribution in [0.5, 0.6) is 5.75 Å². The van der Waals surface area contributed by atoms with Crippen molar-refractivity contribution < 1.29 is 9.53 Å². The summed E-state index contributed by atoms with van der Waals surface area (Å²) in [7, 11) is 3.58. The van der Waals surface area contributed by atoms with Crippen molar-refractivity contribution in [1.82, 2.24) is 9.47 Å². The molecule has 0 radical (unpaired) electrons. The number of piperidine rings is 1. The molecule has 0 bridgehead atoms. The average Bonchev–Trinajstić information content (AvgIpc) is 3.01. The summed E-state index contributed by atoms with van der Waals surface area (Å²) in [6, 6.07) is 12.1. The highest BCUT2D eigenvalue weighted by atomic mass is 16.5. The minimum Gasteiger partial charge on any atom is -0.497 e. The van der Waals surface area contributed by atoms with Crippen molar-refractivity contribution in [2.45, 2.75) is 18.9 Å². The smallest absolute Gasteiger partial charge is 0.270 e. The minimum atomic E-state index is 0.123. The molecule has 1 aliphatic rings. The maximum Gasteiger partial charge on any atom is 0.270 e. The number of carbonyl (C=O) groups is 1. The number of nitrogens with zero attached hydrogens (tertiary/aromatic N) is 2. The van der Waals surface area contributed by atoms with Crippen LogP contribution >= 0.6 is 0 Å². The third kappa shape index (κ3) is 3.50. The molecule has 1 saturated heterocycles. The maximum absolute atomic E-state index is 12.5. The number of nitrogens with one attached hydrogen (secondary N) is 1. The van der Waals surface area contributed by atoms with Crippen molar-refractivity contribution in [2.75, 3.05) is 25.5 Å². The number of ether oxygens (including phenoxy) is 1. The van der Waals surface area contributed by atoms with Gasteiger partial charge in [-0.05, 0) is 37.1 Å². The second kappa shape index (κ2) is 6.77. The van der Waals surface area contributed by atoms with E-state index in [9.17, 15) is 4.79 Å². The van der Waals surface area contributed by atoms with Crippen molar-refractivity contribution in [3.05, 3.63) is 48.3 Å². The van der Waals surface area contributed by atoms with Crippen LogP contribution in [0.25, 0.3) is 0 Å². The highest BCUT2D eigenvalue weighted by molar-refractivity contribution is 5.92. The van der Waals surface area contributed by atoms with E-state index < -0.39 is 0 Å². The third-order valence-corrected chi connectivity index (χ3v) is 4.39. The summed E-state index contributed by atoms with van der Waals surface area (Å²) in [6.45, 7) is 1.57. The predicted molar refractivity (Wildman–Crippen MR) is 91.0 cm³/mol. The summed E-state index contributed by atoms with van der Waals surface area (Å²) in [4.78, 5) is 14.4. The molecule has 1 N–H and O–H groups in total. The second-order valence-corrected chi connectivity index (χ2v) is 5.95. The van der Waals surface area contributed by atoms with E-state index in [4.69, 9.17) is 4.74 Å². The zero-order chi connectivity index (χ0) is 16.2. The molecule has 1 amide bonds. The quantitative estimate of drug-likeness (QED) is 0.944. The van der Waals surface area contributed by atoms with Gasteiger partial charge in [0.2, 0.25) is 0 Å². The van der Waals surface area contributed by atoms with Crippen molar-refractivity contribution in [3.8, 4) is 5.75 Å². The normalized spacial score (nSPS) is 15.5. The Hall–Kier alpha value is -2.43. The Morgan fingerprint density at radius 3 is 2.65 bits per heavy atom. The van der Waals surface area contributed by atoms with E-state index in [0.717, 1.165) is 43.1 Å². The molecule has 1 aromatic carbocycles. The molecular formula is C18H23N3O2. The Bertz CT molecular complexity index is 672. The second-order valence-electron chi connectivity index (χ2n) is 5.95. The van der Waals surface area contributed by atoms with Gasteiger partial charge in [0.05, 0.1) is 7.11 Å². The van der Waals surface area contributed by atoms with E-state index >= 15 is 0 Å². The Kier molecular flexibility index (Phi) is 4.55. The summed E-state index contributed by atoms with van der Waals surface area (Å²) in [5.74, 6) is 0.976. The zero-order valence-corrected chi connectivity index (χ0v) is 13.7. The first-order valence-electron chi connectivity index (χ1n) is 7.98. The third-order valence-electron chi connectivity index (χ3n) is 4.39. The number of methoxy groups -OCH3 is 1. The molecule has 23 heavy (non-hydrogen) atoms. The molecular weight excluding hydrogens is 290 g/mol. The van der Waals surface area contributed by atoms with E-state index in [1.165, 1.54) is 0 Å². The van der Waals surface area contributed by atoms with Gasteiger partial charge in [0.25, 0.3) is 5.91 Å². The summed E-state index contributed by atoms with van der Waals surface area (Å²) in [5, 5.41) is 3.54. The molecule has 2 heterocycles. The maximum atomic E-state index is 12.5. The number of benzene rings is 1. The summed E-state index contributed by atoms with van der Waals surface area (Å²) < 4.78 is 7.13. The van der Waals surface area contributed by atoms with Crippen molar-refractivity contribution in [2.24, 2.45) is 7.05 Å². The molecule has 5 nitrogen and oxygen atoms in total. The summed E-state index contributed by atoms with van der Waals surface area (Å²) in [5.41, 5.74) is 1.82. The van der Waals surface area contributed by atoms with Crippen LogP contribution in [0, 0.1) is 0 Å². The summed E-state index contributed by atoms with van der Waals surface area (Å²) in [6.07, 6.45) is 3.81. The van der Waals surface area contributed by atoms with Crippen molar-refractivity contribution in [3.63, 3.8) is 0 Å². The van der Waals surface area contributed by atoms with Crippen LogP contribution in [0.2, 0.25) is 0 Å².